The van der Waals surface area contributed by atoms with Crippen molar-refractivity contribution in [2.24, 2.45) is 0 Å². The predicted molar refractivity (Wildman–Crippen MR) is 98.9 cm³/mol. The standard InChI is InChI=1S/C19H18Cl2N2O2/c1-12(25-15-7-4-13(11-22)5-8-15)18(24)23-19(2,3)14-6-9-16(20)17(21)10-14/h4-10,12H,1-3H3,(H,23,24). The summed E-state index contributed by atoms with van der Waals surface area (Å²) in [6, 6.07) is 13.9. The maximum absolute atomic E-state index is 12.5. The van der Waals surface area contributed by atoms with Crippen LogP contribution in [0.4, 0.5) is 0 Å². The highest BCUT2D eigenvalue weighted by Crippen LogP contribution is 2.28. The van der Waals surface area contributed by atoms with Crippen molar-refractivity contribution >= 4 is 29.1 Å². The van der Waals surface area contributed by atoms with E-state index in [1.165, 1.54) is 0 Å². The summed E-state index contributed by atoms with van der Waals surface area (Å²) >= 11 is 12.0. The number of carbonyl (C=O) groups excluding carboxylic acids is 1. The zero-order valence-electron chi connectivity index (χ0n) is 14.1. The molecule has 0 saturated carbocycles. The molecule has 0 aromatic heterocycles. The average Bonchev–Trinajstić information content (AvgIpc) is 2.57. The molecule has 1 unspecified atom stereocenters. The zero-order valence-corrected chi connectivity index (χ0v) is 15.7. The van der Waals surface area contributed by atoms with Crippen molar-refractivity contribution in [2.45, 2.75) is 32.4 Å². The summed E-state index contributed by atoms with van der Waals surface area (Å²) in [5.74, 6) is 0.259. The van der Waals surface area contributed by atoms with Gasteiger partial charge in [-0.05, 0) is 62.7 Å². The number of amides is 1. The van der Waals surface area contributed by atoms with E-state index in [2.05, 4.69) is 5.32 Å². The molecule has 1 N–H and O–H groups in total. The molecule has 0 radical (unpaired) electrons. The third-order valence-corrected chi connectivity index (χ3v) is 4.48. The minimum absolute atomic E-state index is 0.263. The molecule has 6 heteroatoms. The monoisotopic (exact) mass is 376 g/mol. The Kier molecular flexibility index (Phi) is 5.94. The summed E-state index contributed by atoms with van der Waals surface area (Å²) < 4.78 is 5.63. The Morgan fingerprint density at radius 3 is 2.36 bits per heavy atom. The first-order valence-corrected chi connectivity index (χ1v) is 8.43. The summed E-state index contributed by atoms with van der Waals surface area (Å²) in [6.45, 7) is 5.41. The number of hydrogen-bond acceptors (Lipinski definition) is 3. The van der Waals surface area contributed by atoms with Crippen molar-refractivity contribution < 1.29 is 9.53 Å². The lowest BCUT2D eigenvalue weighted by Gasteiger charge is -2.29. The quantitative estimate of drug-likeness (QED) is 0.823. The molecule has 1 atom stereocenters. The van der Waals surface area contributed by atoms with Gasteiger partial charge in [0.15, 0.2) is 6.10 Å². The van der Waals surface area contributed by atoms with Gasteiger partial charge in [0.1, 0.15) is 5.75 Å². The fourth-order valence-electron chi connectivity index (χ4n) is 2.23. The van der Waals surface area contributed by atoms with E-state index in [1.54, 1.807) is 43.3 Å². The van der Waals surface area contributed by atoms with E-state index in [9.17, 15) is 4.79 Å². The second-order valence-corrected chi connectivity index (χ2v) is 6.95. The second-order valence-electron chi connectivity index (χ2n) is 6.14. The minimum Gasteiger partial charge on any atom is -0.481 e. The molecule has 0 aliphatic carbocycles. The highest BCUT2D eigenvalue weighted by Gasteiger charge is 2.26. The van der Waals surface area contributed by atoms with Crippen LogP contribution < -0.4 is 10.1 Å². The Balaban J connectivity index is 2.05. The van der Waals surface area contributed by atoms with E-state index in [4.69, 9.17) is 33.2 Å². The first-order chi connectivity index (χ1) is 11.7. The van der Waals surface area contributed by atoms with Crippen LogP contribution in [0.5, 0.6) is 5.75 Å². The lowest BCUT2D eigenvalue weighted by Crippen LogP contribution is -2.46. The Morgan fingerprint density at radius 1 is 1.16 bits per heavy atom. The summed E-state index contributed by atoms with van der Waals surface area (Å²) in [5.41, 5.74) is 0.721. The molecule has 0 fully saturated rings. The largest absolute Gasteiger partial charge is 0.481 e. The molecule has 130 valence electrons. The molecule has 4 nitrogen and oxygen atoms in total. The highest BCUT2D eigenvalue weighted by molar-refractivity contribution is 6.42. The van der Waals surface area contributed by atoms with Crippen LogP contribution in [0.25, 0.3) is 0 Å². The molecule has 0 saturated heterocycles. The van der Waals surface area contributed by atoms with Crippen LogP contribution in [0.15, 0.2) is 42.5 Å². The van der Waals surface area contributed by atoms with Gasteiger partial charge in [-0.3, -0.25) is 4.79 Å². The van der Waals surface area contributed by atoms with Crippen molar-refractivity contribution in [1.29, 1.82) is 5.26 Å². The Morgan fingerprint density at radius 2 is 1.80 bits per heavy atom. The fourth-order valence-corrected chi connectivity index (χ4v) is 2.53. The van der Waals surface area contributed by atoms with Crippen LogP contribution in [0.3, 0.4) is 0 Å². The zero-order chi connectivity index (χ0) is 18.6. The van der Waals surface area contributed by atoms with Crippen molar-refractivity contribution in [2.75, 3.05) is 0 Å². The molecule has 0 aliphatic rings. The minimum atomic E-state index is -0.699. The summed E-state index contributed by atoms with van der Waals surface area (Å²) in [7, 11) is 0. The van der Waals surface area contributed by atoms with Crippen LogP contribution in [0.1, 0.15) is 31.9 Å². The van der Waals surface area contributed by atoms with Gasteiger partial charge in [0, 0.05) is 0 Å². The lowest BCUT2D eigenvalue weighted by molar-refractivity contribution is -0.129. The summed E-state index contributed by atoms with van der Waals surface area (Å²) in [4.78, 5) is 12.5. The summed E-state index contributed by atoms with van der Waals surface area (Å²) in [6.07, 6.45) is -0.699. The fraction of sp³-hybridized carbons (Fsp3) is 0.263. The normalized spacial score (nSPS) is 12.2. The first kappa shape index (κ1) is 19.1. The number of halogens is 2. The number of carbonyl (C=O) groups is 1. The van der Waals surface area contributed by atoms with Crippen LogP contribution >= 0.6 is 23.2 Å². The van der Waals surface area contributed by atoms with Gasteiger partial charge >= 0.3 is 0 Å². The van der Waals surface area contributed by atoms with E-state index in [0.29, 0.717) is 21.4 Å². The summed E-state index contributed by atoms with van der Waals surface area (Å²) in [5, 5.41) is 12.6. The van der Waals surface area contributed by atoms with E-state index in [0.717, 1.165) is 5.56 Å². The van der Waals surface area contributed by atoms with Gasteiger partial charge in [-0.1, -0.05) is 29.3 Å². The van der Waals surface area contributed by atoms with Crippen molar-refractivity contribution in [3.8, 4) is 11.8 Å². The van der Waals surface area contributed by atoms with Gasteiger partial charge < -0.3 is 10.1 Å². The number of nitrogens with one attached hydrogen (secondary N) is 1. The molecule has 0 aliphatic heterocycles. The Hall–Kier alpha value is -2.22. The molecule has 0 bridgehead atoms. The van der Waals surface area contributed by atoms with Gasteiger partial charge in [0.05, 0.1) is 27.2 Å². The Labute approximate surface area is 157 Å². The topological polar surface area (TPSA) is 62.1 Å². The van der Waals surface area contributed by atoms with E-state index < -0.39 is 11.6 Å². The van der Waals surface area contributed by atoms with Crippen LogP contribution in [0.2, 0.25) is 10.0 Å². The molecule has 0 spiro atoms. The molecular formula is C19H18Cl2N2O2. The maximum Gasteiger partial charge on any atom is 0.261 e. The van der Waals surface area contributed by atoms with Gasteiger partial charge in [0.25, 0.3) is 5.91 Å². The van der Waals surface area contributed by atoms with Gasteiger partial charge in [-0.15, -0.1) is 0 Å². The van der Waals surface area contributed by atoms with Crippen LogP contribution in [-0.4, -0.2) is 12.0 Å². The Bertz CT molecular complexity index is 811. The number of hydrogen-bond donors (Lipinski definition) is 1. The number of ether oxygens (including phenoxy) is 1. The van der Waals surface area contributed by atoms with E-state index in [1.807, 2.05) is 26.0 Å². The second kappa shape index (κ2) is 7.77. The number of rotatable bonds is 5. The number of nitriles is 1. The molecule has 0 heterocycles. The molecule has 2 aromatic carbocycles. The van der Waals surface area contributed by atoms with E-state index >= 15 is 0 Å². The van der Waals surface area contributed by atoms with Crippen LogP contribution in [-0.2, 0) is 10.3 Å². The molecule has 25 heavy (non-hydrogen) atoms. The SMILES string of the molecule is CC(Oc1ccc(C#N)cc1)C(=O)NC(C)(C)c1ccc(Cl)c(Cl)c1. The first-order valence-electron chi connectivity index (χ1n) is 7.67. The number of benzene rings is 2. The third-order valence-electron chi connectivity index (χ3n) is 3.74. The van der Waals surface area contributed by atoms with Crippen molar-refractivity contribution in [1.82, 2.24) is 5.32 Å². The molecule has 1 amide bonds. The van der Waals surface area contributed by atoms with Gasteiger partial charge in [0.2, 0.25) is 0 Å². The smallest absolute Gasteiger partial charge is 0.261 e. The van der Waals surface area contributed by atoms with Crippen molar-refractivity contribution in [3.63, 3.8) is 0 Å². The van der Waals surface area contributed by atoms with Crippen LogP contribution in [0, 0.1) is 11.3 Å². The molecule has 2 aromatic rings. The lowest BCUT2D eigenvalue weighted by atomic mass is 9.94. The van der Waals surface area contributed by atoms with Gasteiger partial charge in [-0.2, -0.15) is 5.26 Å². The van der Waals surface area contributed by atoms with Gasteiger partial charge in [-0.25, -0.2) is 0 Å². The maximum atomic E-state index is 12.5. The third kappa shape index (κ3) is 4.88. The average molecular weight is 377 g/mol. The van der Waals surface area contributed by atoms with E-state index in [-0.39, 0.29) is 5.91 Å². The number of nitrogens with zero attached hydrogens (tertiary/aromatic N) is 1. The van der Waals surface area contributed by atoms with Crippen molar-refractivity contribution in [3.05, 3.63) is 63.6 Å². The molecule has 2 rings (SSSR count). The molecular weight excluding hydrogens is 359 g/mol. The highest BCUT2D eigenvalue weighted by atomic mass is 35.5. The predicted octanol–water partition coefficient (Wildman–Crippen LogP) is 4.68.